The lowest BCUT2D eigenvalue weighted by atomic mass is 10.2. The molecule has 0 saturated carbocycles. The number of anilines is 1. The van der Waals surface area contributed by atoms with E-state index >= 15 is 0 Å². The van der Waals surface area contributed by atoms with E-state index in [1.165, 1.54) is 6.07 Å². The van der Waals surface area contributed by atoms with Gasteiger partial charge in [0, 0.05) is 6.54 Å². The first kappa shape index (κ1) is 14.1. The summed E-state index contributed by atoms with van der Waals surface area (Å²) in [4.78, 5) is 16.5. The van der Waals surface area contributed by atoms with Gasteiger partial charge in [-0.05, 0) is 18.6 Å². The van der Waals surface area contributed by atoms with E-state index < -0.39 is 24.7 Å². The van der Waals surface area contributed by atoms with Crippen LogP contribution in [0.25, 0.3) is 0 Å². The summed E-state index contributed by atoms with van der Waals surface area (Å²) in [6.45, 7) is -1.19. The van der Waals surface area contributed by atoms with E-state index in [4.69, 9.17) is 5.26 Å². The molecule has 1 amide bonds. The number of hydrogen-bond donors (Lipinski definition) is 1. The van der Waals surface area contributed by atoms with Crippen LogP contribution >= 0.6 is 0 Å². The van der Waals surface area contributed by atoms with Gasteiger partial charge in [-0.2, -0.15) is 18.4 Å². The minimum Gasteiger partial charge on any atom is -0.358 e. The molecule has 0 bridgehead atoms. The quantitative estimate of drug-likeness (QED) is 0.914. The molecule has 8 heteroatoms. The van der Waals surface area contributed by atoms with E-state index in [9.17, 15) is 18.0 Å². The number of carbonyl (C=O) groups excluding carboxylic acids is 1. The number of halogens is 3. The van der Waals surface area contributed by atoms with Crippen molar-refractivity contribution < 1.29 is 18.0 Å². The van der Waals surface area contributed by atoms with Crippen molar-refractivity contribution in [2.45, 2.75) is 18.6 Å². The molecule has 2 rings (SSSR count). The third-order valence-electron chi connectivity index (χ3n) is 2.85. The van der Waals surface area contributed by atoms with Gasteiger partial charge in [0.05, 0.1) is 0 Å². The summed E-state index contributed by atoms with van der Waals surface area (Å²) < 4.78 is 36.8. The number of nitrogens with zero attached hydrogens (tertiary/aromatic N) is 3. The van der Waals surface area contributed by atoms with Gasteiger partial charge in [0.1, 0.15) is 30.2 Å². The molecule has 2 heterocycles. The van der Waals surface area contributed by atoms with Crippen molar-refractivity contribution in [2.24, 2.45) is 0 Å². The van der Waals surface area contributed by atoms with Crippen LogP contribution in [0.3, 0.4) is 0 Å². The Balaban J connectivity index is 2.01. The number of rotatable bonds is 3. The number of amides is 1. The summed E-state index contributed by atoms with van der Waals surface area (Å²) in [6, 6.07) is 5.75. The molecule has 20 heavy (non-hydrogen) atoms. The fourth-order valence-corrected chi connectivity index (χ4v) is 2.00. The molecule has 1 atom stereocenters. The Morgan fingerprint density at radius 3 is 2.90 bits per heavy atom. The van der Waals surface area contributed by atoms with E-state index in [0.717, 1.165) is 4.90 Å². The maximum atomic E-state index is 12.3. The average Bonchev–Trinajstić information content (AvgIpc) is 2.70. The predicted molar refractivity (Wildman–Crippen MR) is 63.6 cm³/mol. The molecule has 1 N–H and O–H groups in total. The molecule has 1 fully saturated rings. The fraction of sp³-hybridized carbons (Fsp3) is 0.417. The van der Waals surface area contributed by atoms with Gasteiger partial charge in [0.15, 0.2) is 0 Å². The Labute approximate surface area is 113 Å². The van der Waals surface area contributed by atoms with Gasteiger partial charge in [-0.3, -0.25) is 4.79 Å². The van der Waals surface area contributed by atoms with Crippen LogP contribution in [0.5, 0.6) is 0 Å². The molecule has 1 saturated heterocycles. The van der Waals surface area contributed by atoms with Crippen molar-refractivity contribution in [3.8, 4) is 6.07 Å². The van der Waals surface area contributed by atoms with Gasteiger partial charge in [-0.1, -0.05) is 6.07 Å². The highest BCUT2D eigenvalue weighted by atomic mass is 19.4. The molecule has 0 aromatic carbocycles. The topological polar surface area (TPSA) is 69.0 Å². The summed E-state index contributed by atoms with van der Waals surface area (Å²) >= 11 is 0. The zero-order valence-corrected chi connectivity index (χ0v) is 10.3. The van der Waals surface area contributed by atoms with Crippen LogP contribution < -0.4 is 5.32 Å². The Kier molecular flexibility index (Phi) is 3.79. The van der Waals surface area contributed by atoms with Crippen LogP contribution in [-0.2, 0) is 4.79 Å². The first-order valence-electron chi connectivity index (χ1n) is 5.88. The number of likely N-dealkylation sites (tertiary alicyclic amines) is 1. The van der Waals surface area contributed by atoms with E-state index in [1.54, 1.807) is 12.1 Å². The van der Waals surface area contributed by atoms with Gasteiger partial charge >= 0.3 is 6.18 Å². The number of alkyl halides is 3. The minimum atomic E-state index is -4.40. The largest absolute Gasteiger partial charge is 0.406 e. The summed E-state index contributed by atoms with van der Waals surface area (Å²) in [7, 11) is 0. The summed E-state index contributed by atoms with van der Waals surface area (Å²) in [5.41, 5.74) is 0.174. The fourth-order valence-electron chi connectivity index (χ4n) is 2.00. The van der Waals surface area contributed by atoms with Gasteiger partial charge < -0.3 is 10.2 Å². The molecular weight excluding hydrogens is 273 g/mol. The normalized spacial score (nSPS) is 19.0. The molecule has 106 valence electrons. The molecule has 1 unspecified atom stereocenters. The van der Waals surface area contributed by atoms with Gasteiger partial charge in [-0.15, -0.1) is 0 Å². The number of aromatic nitrogens is 1. The lowest BCUT2D eigenvalue weighted by Gasteiger charge is -2.18. The third kappa shape index (κ3) is 3.38. The maximum absolute atomic E-state index is 12.3. The SMILES string of the molecule is N#Cc1cccc(NC2CCN(CC(F)(F)F)C2=O)n1. The third-order valence-corrected chi connectivity index (χ3v) is 2.85. The number of pyridine rings is 1. The molecule has 1 aliphatic heterocycles. The van der Waals surface area contributed by atoms with Crippen LogP contribution in [0.4, 0.5) is 19.0 Å². The Morgan fingerprint density at radius 2 is 2.25 bits per heavy atom. The molecule has 5 nitrogen and oxygen atoms in total. The van der Waals surface area contributed by atoms with Crippen LogP contribution in [0.1, 0.15) is 12.1 Å². The van der Waals surface area contributed by atoms with Crippen molar-refractivity contribution in [1.82, 2.24) is 9.88 Å². The number of hydrogen-bond acceptors (Lipinski definition) is 4. The van der Waals surface area contributed by atoms with Crippen molar-refractivity contribution in [2.75, 3.05) is 18.4 Å². The summed E-state index contributed by atoms with van der Waals surface area (Å²) in [5, 5.41) is 11.5. The van der Waals surface area contributed by atoms with E-state index in [1.807, 2.05) is 6.07 Å². The number of nitriles is 1. The van der Waals surface area contributed by atoms with Crippen molar-refractivity contribution in [1.29, 1.82) is 5.26 Å². The van der Waals surface area contributed by atoms with E-state index in [0.29, 0.717) is 5.82 Å². The van der Waals surface area contributed by atoms with Crippen LogP contribution in [0.2, 0.25) is 0 Å². The number of carbonyl (C=O) groups is 1. The van der Waals surface area contributed by atoms with Gasteiger partial charge in [0.2, 0.25) is 5.91 Å². The van der Waals surface area contributed by atoms with Gasteiger partial charge in [-0.25, -0.2) is 4.98 Å². The van der Waals surface area contributed by atoms with Crippen LogP contribution in [-0.4, -0.2) is 41.1 Å². The molecule has 0 spiro atoms. The van der Waals surface area contributed by atoms with Crippen molar-refractivity contribution >= 4 is 11.7 Å². The predicted octanol–water partition coefficient (Wildman–Crippen LogP) is 1.53. The van der Waals surface area contributed by atoms with Crippen molar-refractivity contribution in [3.05, 3.63) is 23.9 Å². The van der Waals surface area contributed by atoms with E-state index in [-0.39, 0.29) is 18.7 Å². The number of nitrogens with one attached hydrogen (secondary N) is 1. The lowest BCUT2D eigenvalue weighted by molar-refractivity contribution is -0.157. The smallest absolute Gasteiger partial charge is 0.358 e. The average molecular weight is 284 g/mol. The zero-order valence-electron chi connectivity index (χ0n) is 10.3. The second-order valence-electron chi connectivity index (χ2n) is 4.38. The highest BCUT2D eigenvalue weighted by molar-refractivity contribution is 5.86. The second kappa shape index (κ2) is 5.36. The summed E-state index contributed by atoms with van der Waals surface area (Å²) in [6.07, 6.45) is -4.13. The minimum absolute atomic E-state index is 0.0496. The highest BCUT2D eigenvalue weighted by Crippen LogP contribution is 2.22. The monoisotopic (exact) mass is 284 g/mol. The van der Waals surface area contributed by atoms with Gasteiger partial charge in [0.25, 0.3) is 0 Å². The Morgan fingerprint density at radius 1 is 1.50 bits per heavy atom. The molecular formula is C12H11F3N4O. The summed E-state index contributed by atoms with van der Waals surface area (Å²) in [5.74, 6) is -0.303. The maximum Gasteiger partial charge on any atom is 0.406 e. The van der Waals surface area contributed by atoms with Crippen LogP contribution in [0, 0.1) is 11.3 Å². The van der Waals surface area contributed by atoms with E-state index in [2.05, 4.69) is 10.3 Å². The Hall–Kier alpha value is -2.30. The molecule has 0 radical (unpaired) electrons. The lowest BCUT2D eigenvalue weighted by Crippen LogP contribution is -2.39. The second-order valence-corrected chi connectivity index (χ2v) is 4.38. The highest BCUT2D eigenvalue weighted by Gasteiger charge is 2.39. The first-order valence-corrected chi connectivity index (χ1v) is 5.88. The molecule has 1 aliphatic rings. The molecule has 1 aromatic heterocycles. The molecule has 0 aliphatic carbocycles. The van der Waals surface area contributed by atoms with Crippen LogP contribution in [0.15, 0.2) is 18.2 Å². The molecule has 1 aromatic rings. The van der Waals surface area contributed by atoms with Crippen molar-refractivity contribution in [3.63, 3.8) is 0 Å². The standard InChI is InChI=1S/C12H11F3N4O/c13-12(14,15)7-19-5-4-9(11(19)20)18-10-3-1-2-8(6-16)17-10/h1-3,9H,4-5,7H2,(H,17,18). The zero-order chi connectivity index (χ0) is 14.8. The Bertz CT molecular complexity index is 552. The first-order chi connectivity index (χ1) is 9.39.